The molecule has 2 nitrogen and oxygen atoms in total. The fraction of sp³-hybridized carbons (Fsp3) is 0. The molecule has 0 aliphatic rings. The van der Waals surface area contributed by atoms with Crippen molar-refractivity contribution in [2.75, 3.05) is 0 Å². The summed E-state index contributed by atoms with van der Waals surface area (Å²) < 4.78 is 0. The molecule has 0 aliphatic carbocycles. The molecular formula is C10H6Cl2N2. The van der Waals surface area contributed by atoms with Crippen LogP contribution in [0.3, 0.4) is 0 Å². The van der Waals surface area contributed by atoms with Gasteiger partial charge in [-0.05, 0) is 24.3 Å². The fourth-order valence-corrected chi connectivity index (χ4v) is 1.34. The molecule has 0 atom stereocenters. The molecule has 0 N–H and O–H groups in total. The Bertz CT molecular complexity index is 440. The Hall–Kier alpha value is -1.12. The molecule has 0 radical (unpaired) electrons. The zero-order chi connectivity index (χ0) is 9.97. The van der Waals surface area contributed by atoms with Crippen LogP contribution >= 0.6 is 23.2 Å². The summed E-state index contributed by atoms with van der Waals surface area (Å²) >= 11 is 11.6. The Balaban J connectivity index is 2.44. The topological polar surface area (TPSA) is 25.8 Å². The van der Waals surface area contributed by atoms with Gasteiger partial charge in [0.05, 0.1) is 16.4 Å². The quantitative estimate of drug-likeness (QED) is 0.742. The van der Waals surface area contributed by atoms with E-state index in [0.29, 0.717) is 10.0 Å². The summed E-state index contributed by atoms with van der Waals surface area (Å²) in [6.07, 6.45) is 3.23. The third kappa shape index (κ3) is 2.03. The van der Waals surface area contributed by atoms with Gasteiger partial charge >= 0.3 is 0 Å². The van der Waals surface area contributed by atoms with E-state index >= 15 is 0 Å². The van der Waals surface area contributed by atoms with Crippen LogP contribution in [0.15, 0.2) is 36.7 Å². The van der Waals surface area contributed by atoms with E-state index in [1.807, 2.05) is 0 Å². The minimum absolute atomic E-state index is 0.607. The first-order valence-corrected chi connectivity index (χ1v) is 4.75. The van der Waals surface area contributed by atoms with Crippen molar-refractivity contribution in [3.63, 3.8) is 0 Å². The first-order chi connectivity index (χ1) is 6.75. The van der Waals surface area contributed by atoms with E-state index in [1.54, 1.807) is 36.7 Å². The van der Waals surface area contributed by atoms with Crippen LogP contribution in [0.5, 0.6) is 0 Å². The minimum Gasteiger partial charge on any atom is -0.255 e. The van der Waals surface area contributed by atoms with E-state index in [-0.39, 0.29) is 0 Å². The largest absolute Gasteiger partial charge is 0.255 e. The predicted octanol–water partition coefficient (Wildman–Crippen LogP) is 3.45. The maximum absolute atomic E-state index is 5.83. The van der Waals surface area contributed by atoms with Gasteiger partial charge in [0.2, 0.25) is 0 Å². The number of nitrogens with zero attached hydrogens (tertiary/aromatic N) is 2. The number of pyridine rings is 2. The third-order valence-electron chi connectivity index (χ3n) is 1.71. The lowest BCUT2D eigenvalue weighted by Gasteiger charge is -1.99. The highest BCUT2D eigenvalue weighted by Gasteiger charge is 2.00. The molecule has 2 aromatic heterocycles. The van der Waals surface area contributed by atoms with E-state index in [0.717, 1.165) is 11.4 Å². The van der Waals surface area contributed by atoms with E-state index in [2.05, 4.69) is 9.97 Å². The van der Waals surface area contributed by atoms with Gasteiger partial charge in [-0.3, -0.25) is 9.97 Å². The Morgan fingerprint density at radius 3 is 2.36 bits per heavy atom. The standard InChI is InChI=1S/C10H6Cl2N2/c11-7-3-4-13-10(5-7)9-2-1-8(12)6-14-9/h1-6H. The second-order valence-electron chi connectivity index (χ2n) is 2.72. The van der Waals surface area contributed by atoms with Crippen LogP contribution in [0.25, 0.3) is 11.4 Å². The van der Waals surface area contributed by atoms with Gasteiger partial charge in [-0.25, -0.2) is 0 Å². The molecule has 14 heavy (non-hydrogen) atoms. The van der Waals surface area contributed by atoms with Crippen LogP contribution in [-0.4, -0.2) is 9.97 Å². The average molecular weight is 225 g/mol. The van der Waals surface area contributed by atoms with Gasteiger partial charge in [-0.1, -0.05) is 23.2 Å². The summed E-state index contributed by atoms with van der Waals surface area (Å²) in [5.74, 6) is 0. The maximum atomic E-state index is 5.83. The van der Waals surface area contributed by atoms with Crippen molar-refractivity contribution in [3.05, 3.63) is 46.7 Å². The number of rotatable bonds is 1. The van der Waals surface area contributed by atoms with E-state index in [4.69, 9.17) is 23.2 Å². The van der Waals surface area contributed by atoms with Crippen LogP contribution in [0.4, 0.5) is 0 Å². The number of halogens is 2. The van der Waals surface area contributed by atoms with E-state index in [9.17, 15) is 0 Å². The summed E-state index contributed by atoms with van der Waals surface area (Å²) in [4.78, 5) is 8.29. The van der Waals surface area contributed by atoms with E-state index < -0.39 is 0 Å². The fourth-order valence-electron chi connectivity index (χ4n) is 1.07. The Morgan fingerprint density at radius 2 is 1.71 bits per heavy atom. The summed E-state index contributed by atoms with van der Waals surface area (Å²) in [5, 5.41) is 1.25. The van der Waals surface area contributed by atoms with Crippen molar-refractivity contribution < 1.29 is 0 Å². The van der Waals surface area contributed by atoms with Gasteiger partial charge in [0, 0.05) is 17.4 Å². The molecule has 0 unspecified atom stereocenters. The third-order valence-corrected chi connectivity index (χ3v) is 2.17. The maximum Gasteiger partial charge on any atom is 0.0900 e. The lowest BCUT2D eigenvalue weighted by atomic mass is 10.2. The van der Waals surface area contributed by atoms with Gasteiger partial charge in [0.15, 0.2) is 0 Å². The van der Waals surface area contributed by atoms with Crippen LogP contribution in [0.1, 0.15) is 0 Å². The summed E-state index contributed by atoms with van der Waals surface area (Å²) in [6.45, 7) is 0. The minimum atomic E-state index is 0.607. The molecule has 0 saturated carbocycles. The highest BCUT2D eigenvalue weighted by atomic mass is 35.5. The molecule has 4 heteroatoms. The molecule has 0 saturated heterocycles. The van der Waals surface area contributed by atoms with Gasteiger partial charge in [0.25, 0.3) is 0 Å². The monoisotopic (exact) mass is 224 g/mol. The van der Waals surface area contributed by atoms with Crippen molar-refractivity contribution in [1.29, 1.82) is 0 Å². The van der Waals surface area contributed by atoms with E-state index in [1.165, 1.54) is 0 Å². The number of hydrogen-bond acceptors (Lipinski definition) is 2. The molecule has 0 aromatic carbocycles. The summed E-state index contributed by atoms with van der Waals surface area (Å²) in [7, 11) is 0. The average Bonchev–Trinajstić information content (AvgIpc) is 2.19. The summed E-state index contributed by atoms with van der Waals surface area (Å²) in [6, 6.07) is 7.06. The smallest absolute Gasteiger partial charge is 0.0900 e. The molecule has 0 amide bonds. The lowest BCUT2D eigenvalue weighted by molar-refractivity contribution is 1.25. The number of aromatic nitrogens is 2. The van der Waals surface area contributed by atoms with Crippen molar-refractivity contribution in [1.82, 2.24) is 9.97 Å². The molecule has 0 fully saturated rings. The predicted molar refractivity (Wildman–Crippen MR) is 57.5 cm³/mol. The second-order valence-corrected chi connectivity index (χ2v) is 3.59. The van der Waals surface area contributed by atoms with Crippen molar-refractivity contribution in [2.45, 2.75) is 0 Å². The van der Waals surface area contributed by atoms with Crippen molar-refractivity contribution in [2.24, 2.45) is 0 Å². The summed E-state index contributed by atoms with van der Waals surface area (Å²) in [5.41, 5.74) is 1.51. The molecular weight excluding hydrogens is 219 g/mol. The Labute approximate surface area is 91.5 Å². The van der Waals surface area contributed by atoms with Crippen LogP contribution < -0.4 is 0 Å². The van der Waals surface area contributed by atoms with Crippen LogP contribution in [-0.2, 0) is 0 Å². The molecule has 2 aromatic rings. The van der Waals surface area contributed by atoms with Crippen LogP contribution in [0.2, 0.25) is 10.0 Å². The Kier molecular flexibility index (Phi) is 2.66. The van der Waals surface area contributed by atoms with Gasteiger partial charge in [-0.15, -0.1) is 0 Å². The van der Waals surface area contributed by atoms with Gasteiger partial charge in [-0.2, -0.15) is 0 Å². The lowest BCUT2D eigenvalue weighted by Crippen LogP contribution is -1.85. The second kappa shape index (κ2) is 3.95. The molecule has 2 rings (SSSR count). The molecule has 0 spiro atoms. The molecule has 0 bridgehead atoms. The van der Waals surface area contributed by atoms with Crippen molar-refractivity contribution >= 4 is 23.2 Å². The zero-order valence-electron chi connectivity index (χ0n) is 7.11. The SMILES string of the molecule is Clc1ccc(-c2cc(Cl)ccn2)nc1. The van der Waals surface area contributed by atoms with Crippen molar-refractivity contribution in [3.8, 4) is 11.4 Å². The first-order valence-electron chi connectivity index (χ1n) is 3.99. The van der Waals surface area contributed by atoms with Gasteiger partial charge in [0.1, 0.15) is 0 Å². The molecule has 0 aliphatic heterocycles. The molecule has 70 valence electrons. The number of hydrogen-bond donors (Lipinski definition) is 0. The molecule has 2 heterocycles. The van der Waals surface area contributed by atoms with Gasteiger partial charge < -0.3 is 0 Å². The van der Waals surface area contributed by atoms with Crippen LogP contribution in [0, 0.1) is 0 Å². The highest BCUT2D eigenvalue weighted by Crippen LogP contribution is 2.19. The zero-order valence-corrected chi connectivity index (χ0v) is 8.63. The highest BCUT2D eigenvalue weighted by molar-refractivity contribution is 6.31. The first kappa shape index (κ1) is 9.44. The Morgan fingerprint density at radius 1 is 0.857 bits per heavy atom. The normalized spacial score (nSPS) is 10.1.